The van der Waals surface area contributed by atoms with E-state index in [9.17, 15) is 9.18 Å². The highest BCUT2D eigenvalue weighted by Crippen LogP contribution is 2.22. The first-order valence-corrected chi connectivity index (χ1v) is 8.75. The predicted octanol–water partition coefficient (Wildman–Crippen LogP) is 3.96. The largest absolute Gasteiger partial charge is 0.494 e. The Morgan fingerprint density at radius 2 is 1.92 bits per heavy atom. The summed E-state index contributed by atoms with van der Waals surface area (Å²) in [6, 6.07) is 12.1. The van der Waals surface area contributed by atoms with E-state index >= 15 is 0 Å². The van der Waals surface area contributed by atoms with E-state index in [2.05, 4.69) is 0 Å². The highest BCUT2D eigenvalue weighted by Gasteiger charge is 2.16. The molecule has 0 saturated carbocycles. The number of ether oxygens (including phenoxy) is 2. The average molecular weight is 355 g/mol. The van der Waals surface area contributed by atoms with Gasteiger partial charge in [0.15, 0.2) is 5.78 Å². The van der Waals surface area contributed by atoms with Crippen molar-refractivity contribution < 1.29 is 18.7 Å². The molecule has 1 aliphatic rings. The highest BCUT2D eigenvalue weighted by molar-refractivity contribution is 6.07. The molecule has 4 nitrogen and oxygen atoms in total. The maximum Gasteiger partial charge on any atom is 0.185 e. The van der Waals surface area contributed by atoms with Crippen molar-refractivity contribution in [2.24, 2.45) is 0 Å². The predicted molar refractivity (Wildman–Crippen MR) is 100 cm³/mol. The summed E-state index contributed by atoms with van der Waals surface area (Å²) in [7, 11) is 0. The van der Waals surface area contributed by atoms with E-state index in [-0.39, 0.29) is 11.6 Å². The maximum absolute atomic E-state index is 14.4. The number of carbonyl (C=O) groups is 1. The maximum atomic E-state index is 14.4. The van der Waals surface area contributed by atoms with Crippen LogP contribution in [0.25, 0.3) is 6.08 Å². The fraction of sp³-hybridized carbons (Fsp3) is 0.286. The first-order valence-electron chi connectivity index (χ1n) is 8.75. The third-order valence-corrected chi connectivity index (χ3v) is 4.20. The molecule has 1 aliphatic heterocycles. The van der Waals surface area contributed by atoms with E-state index in [1.165, 1.54) is 12.1 Å². The van der Waals surface area contributed by atoms with Gasteiger partial charge in [-0.25, -0.2) is 4.39 Å². The summed E-state index contributed by atoms with van der Waals surface area (Å²) >= 11 is 0. The van der Waals surface area contributed by atoms with Crippen molar-refractivity contribution >= 4 is 17.5 Å². The van der Waals surface area contributed by atoms with Crippen LogP contribution in [-0.4, -0.2) is 38.7 Å². The van der Waals surface area contributed by atoms with Gasteiger partial charge in [0.05, 0.1) is 25.5 Å². The van der Waals surface area contributed by atoms with Crippen molar-refractivity contribution in [2.45, 2.75) is 6.92 Å². The Morgan fingerprint density at radius 1 is 1.19 bits per heavy atom. The Labute approximate surface area is 152 Å². The second kappa shape index (κ2) is 8.63. The molecule has 1 heterocycles. The molecule has 3 rings (SSSR count). The van der Waals surface area contributed by atoms with Gasteiger partial charge in [-0.05, 0) is 48.9 Å². The van der Waals surface area contributed by atoms with Gasteiger partial charge in [-0.2, -0.15) is 0 Å². The Bertz CT molecular complexity index is 780. The second-order valence-corrected chi connectivity index (χ2v) is 5.97. The fourth-order valence-corrected chi connectivity index (χ4v) is 2.83. The summed E-state index contributed by atoms with van der Waals surface area (Å²) in [4.78, 5) is 14.2. The molecule has 1 fully saturated rings. The number of benzene rings is 2. The van der Waals surface area contributed by atoms with Gasteiger partial charge in [-0.1, -0.05) is 18.2 Å². The minimum Gasteiger partial charge on any atom is -0.494 e. The highest BCUT2D eigenvalue weighted by atomic mass is 19.1. The lowest BCUT2D eigenvalue weighted by atomic mass is 10.1. The van der Waals surface area contributed by atoms with Crippen LogP contribution in [0.3, 0.4) is 0 Å². The molecule has 0 amide bonds. The number of ketones is 1. The van der Waals surface area contributed by atoms with E-state index in [0.717, 1.165) is 11.3 Å². The molecule has 2 aromatic rings. The van der Waals surface area contributed by atoms with Crippen molar-refractivity contribution in [3.8, 4) is 5.75 Å². The zero-order chi connectivity index (χ0) is 18.4. The summed E-state index contributed by atoms with van der Waals surface area (Å²) < 4.78 is 25.1. The van der Waals surface area contributed by atoms with Crippen molar-refractivity contribution in [2.75, 3.05) is 37.8 Å². The zero-order valence-corrected chi connectivity index (χ0v) is 14.8. The molecule has 0 radical (unpaired) electrons. The monoisotopic (exact) mass is 355 g/mol. The van der Waals surface area contributed by atoms with Gasteiger partial charge in [0.25, 0.3) is 0 Å². The van der Waals surface area contributed by atoms with Gasteiger partial charge >= 0.3 is 0 Å². The zero-order valence-electron chi connectivity index (χ0n) is 14.8. The number of allylic oxidation sites excluding steroid dienone is 1. The average Bonchev–Trinajstić information content (AvgIpc) is 2.68. The molecule has 0 spiro atoms. The molecule has 0 atom stereocenters. The first-order chi connectivity index (χ1) is 12.7. The van der Waals surface area contributed by atoms with Crippen LogP contribution in [-0.2, 0) is 4.74 Å². The molecular formula is C21H22FNO3. The van der Waals surface area contributed by atoms with Crippen molar-refractivity contribution in [3.05, 3.63) is 65.5 Å². The van der Waals surface area contributed by atoms with Crippen LogP contribution in [0.15, 0.2) is 48.5 Å². The molecule has 0 aromatic heterocycles. The van der Waals surface area contributed by atoms with Gasteiger partial charge in [-0.3, -0.25) is 4.79 Å². The Morgan fingerprint density at radius 3 is 2.58 bits per heavy atom. The van der Waals surface area contributed by atoms with Gasteiger partial charge in [0.2, 0.25) is 0 Å². The van der Waals surface area contributed by atoms with Crippen LogP contribution in [0.4, 0.5) is 10.1 Å². The smallest absolute Gasteiger partial charge is 0.185 e. The summed E-state index contributed by atoms with van der Waals surface area (Å²) in [5.41, 5.74) is 1.73. The molecule has 5 heteroatoms. The fourth-order valence-electron chi connectivity index (χ4n) is 2.83. The van der Waals surface area contributed by atoms with Crippen LogP contribution in [0.5, 0.6) is 5.75 Å². The number of carbonyl (C=O) groups excluding carboxylic acids is 1. The lowest BCUT2D eigenvalue weighted by Crippen LogP contribution is -2.36. The molecular weight excluding hydrogens is 333 g/mol. The Kier molecular flexibility index (Phi) is 6.02. The number of morpholine rings is 1. The number of hydrogen-bond donors (Lipinski definition) is 0. The third-order valence-electron chi connectivity index (χ3n) is 4.20. The van der Waals surface area contributed by atoms with Crippen molar-refractivity contribution in [1.82, 2.24) is 0 Å². The summed E-state index contributed by atoms with van der Waals surface area (Å²) in [5, 5.41) is 0. The van der Waals surface area contributed by atoms with Gasteiger partial charge < -0.3 is 14.4 Å². The molecule has 0 N–H and O–H groups in total. The standard InChI is InChI=1S/C21H22FNO3/c1-2-26-18-7-3-16(4-8-18)5-10-21(24)17-6-9-20(19(22)15-17)23-11-13-25-14-12-23/h3-10,15H,2,11-14H2,1H3/b10-5+. The molecule has 1 saturated heterocycles. The van der Waals surface area contributed by atoms with Crippen LogP contribution in [0.1, 0.15) is 22.8 Å². The number of nitrogens with zero attached hydrogens (tertiary/aromatic N) is 1. The number of halogens is 1. The van der Waals surface area contributed by atoms with Crippen LogP contribution >= 0.6 is 0 Å². The van der Waals surface area contributed by atoms with Gasteiger partial charge in [0.1, 0.15) is 11.6 Å². The first kappa shape index (κ1) is 18.1. The number of anilines is 1. The molecule has 0 unspecified atom stereocenters. The van der Waals surface area contributed by atoms with E-state index < -0.39 is 0 Å². The lowest BCUT2D eigenvalue weighted by Gasteiger charge is -2.29. The molecule has 136 valence electrons. The van der Waals surface area contributed by atoms with Crippen molar-refractivity contribution in [3.63, 3.8) is 0 Å². The van der Waals surface area contributed by atoms with Crippen LogP contribution in [0.2, 0.25) is 0 Å². The quantitative estimate of drug-likeness (QED) is 0.581. The molecule has 0 aliphatic carbocycles. The Hall–Kier alpha value is -2.66. The minimum absolute atomic E-state index is 0.230. The Balaban J connectivity index is 1.68. The summed E-state index contributed by atoms with van der Waals surface area (Å²) in [5.74, 6) is 0.176. The van der Waals surface area contributed by atoms with E-state index in [1.807, 2.05) is 36.1 Å². The van der Waals surface area contributed by atoms with Gasteiger partial charge in [0, 0.05) is 18.7 Å². The van der Waals surface area contributed by atoms with Crippen molar-refractivity contribution in [1.29, 1.82) is 0 Å². The molecule has 26 heavy (non-hydrogen) atoms. The topological polar surface area (TPSA) is 38.8 Å². The summed E-state index contributed by atoms with van der Waals surface area (Å²) in [6.07, 6.45) is 3.17. The SMILES string of the molecule is CCOc1ccc(/C=C/C(=O)c2ccc(N3CCOCC3)c(F)c2)cc1. The van der Waals surface area contributed by atoms with Gasteiger partial charge in [-0.15, -0.1) is 0 Å². The number of rotatable bonds is 6. The van der Waals surface area contributed by atoms with E-state index in [4.69, 9.17) is 9.47 Å². The molecule has 0 bridgehead atoms. The second-order valence-electron chi connectivity index (χ2n) is 5.97. The molecule has 2 aromatic carbocycles. The normalized spacial score (nSPS) is 14.6. The van der Waals surface area contributed by atoms with E-state index in [1.54, 1.807) is 18.2 Å². The van der Waals surface area contributed by atoms with Crippen LogP contribution in [0, 0.1) is 5.82 Å². The minimum atomic E-state index is -0.382. The number of hydrogen-bond acceptors (Lipinski definition) is 4. The van der Waals surface area contributed by atoms with Crippen LogP contribution < -0.4 is 9.64 Å². The summed E-state index contributed by atoms with van der Waals surface area (Å²) in [6.45, 7) is 5.02. The third kappa shape index (κ3) is 4.49. The lowest BCUT2D eigenvalue weighted by molar-refractivity contribution is 0.104. The van der Waals surface area contributed by atoms with E-state index in [0.29, 0.717) is 44.2 Å².